The van der Waals surface area contributed by atoms with E-state index in [2.05, 4.69) is 58.7 Å². The van der Waals surface area contributed by atoms with Gasteiger partial charge in [-0.2, -0.15) is 0 Å². The molecular weight excluding hydrogens is 402 g/mol. The molecule has 0 radical (unpaired) electrons. The Morgan fingerprint density at radius 2 is 1.74 bits per heavy atom. The van der Waals surface area contributed by atoms with E-state index in [0.717, 1.165) is 52.3 Å². The van der Waals surface area contributed by atoms with Crippen LogP contribution in [0, 0.1) is 36.5 Å². The largest absolute Gasteiger partial charge is 0.458 e. The molecule has 176 valence electrons. The summed E-state index contributed by atoms with van der Waals surface area (Å²) in [7, 11) is 0. The van der Waals surface area contributed by atoms with E-state index in [4.69, 9.17) is 4.74 Å². The third-order valence-electron chi connectivity index (χ3n) is 6.98. The number of nitrogens with zero attached hydrogens (tertiary/aromatic N) is 1. The van der Waals surface area contributed by atoms with E-state index >= 15 is 0 Å². The van der Waals surface area contributed by atoms with Crippen molar-refractivity contribution in [1.29, 1.82) is 0 Å². The molecule has 3 nitrogen and oxygen atoms in total. The number of esters is 1. The number of aryl methyl sites for hydroxylation is 1. The highest BCUT2D eigenvalue weighted by Crippen LogP contribution is 2.33. The van der Waals surface area contributed by atoms with Crippen LogP contribution in [0.4, 0.5) is 0 Å². The van der Waals surface area contributed by atoms with Crippen molar-refractivity contribution in [2.75, 3.05) is 0 Å². The Bertz CT molecular complexity index is 719. The molecule has 0 saturated heterocycles. The second-order valence-electron chi connectivity index (χ2n) is 9.71. The van der Waals surface area contributed by atoms with Crippen molar-refractivity contribution in [3.8, 4) is 0 Å². The number of hydrogen-bond acceptors (Lipinski definition) is 4. The smallest absolute Gasteiger partial charge is 0.303 e. The molecule has 0 amide bonds. The van der Waals surface area contributed by atoms with Crippen LogP contribution in [0.25, 0.3) is 6.08 Å². The molecule has 1 heterocycles. The number of hydrogen-bond donors (Lipinski definition) is 0. The summed E-state index contributed by atoms with van der Waals surface area (Å²) in [5, 5.41) is 3.07. The van der Waals surface area contributed by atoms with Gasteiger partial charge in [0, 0.05) is 18.7 Å². The summed E-state index contributed by atoms with van der Waals surface area (Å²) in [6.45, 7) is 19.8. The van der Waals surface area contributed by atoms with Gasteiger partial charge in [0.1, 0.15) is 6.10 Å². The minimum atomic E-state index is -0.242. The molecule has 2 unspecified atom stereocenters. The van der Waals surface area contributed by atoms with Crippen molar-refractivity contribution in [2.45, 2.75) is 94.1 Å². The van der Waals surface area contributed by atoms with E-state index in [0.29, 0.717) is 6.42 Å². The predicted octanol–water partition coefficient (Wildman–Crippen LogP) is 8.10. The zero-order valence-corrected chi connectivity index (χ0v) is 22.1. The van der Waals surface area contributed by atoms with Crippen LogP contribution >= 0.6 is 11.3 Å². The highest BCUT2D eigenvalue weighted by Gasteiger charge is 2.25. The number of aromatic nitrogens is 1. The first-order valence-electron chi connectivity index (χ1n) is 11.9. The molecule has 1 aromatic heterocycles. The molecule has 0 saturated carbocycles. The number of ether oxygens (including phenoxy) is 1. The van der Waals surface area contributed by atoms with Crippen LogP contribution in [0.3, 0.4) is 0 Å². The molecule has 0 N–H and O–H groups in total. The molecule has 1 rings (SSSR count). The summed E-state index contributed by atoms with van der Waals surface area (Å²) in [5.41, 5.74) is 1.96. The van der Waals surface area contributed by atoms with E-state index in [1.165, 1.54) is 19.8 Å². The minimum Gasteiger partial charge on any atom is -0.458 e. The molecule has 0 bridgehead atoms. The second kappa shape index (κ2) is 13.9. The van der Waals surface area contributed by atoms with Crippen LogP contribution in [0.2, 0.25) is 0 Å². The molecule has 0 aliphatic carbocycles. The average Bonchev–Trinajstić information content (AvgIpc) is 3.11. The molecule has 31 heavy (non-hydrogen) atoms. The fraction of sp³-hybridized carbons (Fsp3) is 0.704. The number of unbranched alkanes of at least 4 members (excludes halogenated alkanes) is 1. The topological polar surface area (TPSA) is 39.2 Å². The number of rotatable bonds is 13. The first-order valence-corrected chi connectivity index (χ1v) is 12.8. The highest BCUT2D eigenvalue weighted by atomic mass is 32.1. The van der Waals surface area contributed by atoms with Gasteiger partial charge in [-0.05, 0) is 67.9 Å². The Morgan fingerprint density at radius 1 is 1.06 bits per heavy atom. The average molecular weight is 448 g/mol. The number of thiazole rings is 1. The molecule has 0 aliphatic rings. The van der Waals surface area contributed by atoms with Gasteiger partial charge in [-0.3, -0.25) is 4.79 Å². The molecule has 0 fully saturated rings. The van der Waals surface area contributed by atoms with Crippen LogP contribution in [0.1, 0.15) is 91.8 Å². The summed E-state index contributed by atoms with van der Waals surface area (Å²) in [4.78, 5) is 16.0. The van der Waals surface area contributed by atoms with Crippen LogP contribution in [-0.4, -0.2) is 17.1 Å². The maximum Gasteiger partial charge on any atom is 0.303 e. The van der Waals surface area contributed by atoms with Crippen LogP contribution < -0.4 is 0 Å². The second-order valence-corrected chi connectivity index (χ2v) is 10.8. The normalized spacial score (nSPS) is 17.5. The summed E-state index contributed by atoms with van der Waals surface area (Å²) < 4.78 is 5.55. The van der Waals surface area contributed by atoms with E-state index in [1.54, 1.807) is 11.3 Å². The van der Waals surface area contributed by atoms with Crippen molar-refractivity contribution in [1.82, 2.24) is 4.98 Å². The van der Waals surface area contributed by atoms with Gasteiger partial charge in [-0.25, -0.2) is 4.98 Å². The Balaban J connectivity index is 2.51. The standard InChI is InChI=1S/C27H45NO2S/c1-18(2)21(5)23(7)22(6)19(3)14-12-10-11-13-15-27(30-25(9)29)20(4)16-26-17-31-24(8)28-26/h11,13,16-19,21-23,27H,10,12,14-15H2,1-9H3/b13-11-,20-16+/t19-,21?,22-,23-,27?/m0/s1. The Labute approximate surface area is 195 Å². The molecule has 0 aromatic carbocycles. The van der Waals surface area contributed by atoms with Crippen LogP contribution in [-0.2, 0) is 9.53 Å². The molecular formula is C27H45NO2S. The first kappa shape index (κ1) is 27.6. The molecule has 5 atom stereocenters. The fourth-order valence-electron chi connectivity index (χ4n) is 4.06. The lowest BCUT2D eigenvalue weighted by molar-refractivity contribution is -0.144. The molecule has 0 aliphatic heterocycles. The van der Waals surface area contributed by atoms with Crippen molar-refractivity contribution >= 4 is 23.4 Å². The van der Waals surface area contributed by atoms with Gasteiger partial charge in [0.2, 0.25) is 0 Å². The number of carbonyl (C=O) groups excluding carboxylic acids is 1. The quantitative estimate of drug-likeness (QED) is 0.174. The summed E-state index contributed by atoms with van der Waals surface area (Å²) in [5.74, 6) is 3.51. The highest BCUT2D eigenvalue weighted by molar-refractivity contribution is 7.09. The number of allylic oxidation sites excluding steroid dienone is 1. The van der Waals surface area contributed by atoms with Gasteiger partial charge >= 0.3 is 5.97 Å². The van der Waals surface area contributed by atoms with Gasteiger partial charge < -0.3 is 4.74 Å². The lowest BCUT2D eigenvalue weighted by atomic mass is 9.73. The first-order chi connectivity index (χ1) is 14.5. The Hall–Kier alpha value is -1.42. The van der Waals surface area contributed by atoms with E-state index in [1.807, 2.05) is 25.3 Å². The van der Waals surface area contributed by atoms with Gasteiger partial charge in [0.25, 0.3) is 0 Å². The molecule has 4 heteroatoms. The van der Waals surface area contributed by atoms with E-state index in [9.17, 15) is 4.79 Å². The Kier molecular flexibility index (Phi) is 12.4. The summed E-state index contributed by atoms with van der Waals surface area (Å²) in [6.07, 6.45) is 10.4. The van der Waals surface area contributed by atoms with Gasteiger partial charge in [-0.15, -0.1) is 11.3 Å². The fourth-order valence-corrected chi connectivity index (χ4v) is 4.63. The van der Waals surface area contributed by atoms with Crippen molar-refractivity contribution in [2.24, 2.45) is 29.6 Å². The predicted molar refractivity (Wildman–Crippen MR) is 135 cm³/mol. The van der Waals surface area contributed by atoms with E-state index < -0.39 is 0 Å². The Morgan fingerprint density at radius 3 is 2.29 bits per heavy atom. The van der Waals surface area contributed by atoms with Gasteiger partial charge in [0.15, 0.2) is 0 Å². The number of carbonyl (C=O) groups is 1. The summed E-state index contributed by atoms with van der Waals surface area (Å²) in [6, 6.07) is 0. The van der Waals surface area contributed by atoms with Crippen molar-refractivity contribution in [3.63, 3.8) is 0 Å². The van der Waals surface area contributed by atoms with Crippen molar-refractivity contribution in [3.05, 3.63) is 33.8 Å². The summed E-state index contributed by atoms with van der Waals surface area (Å²) >= 11 is 1.63. The van der Waals surface area contributed by atoms with Crippen LogP contribution in [0.5, 0.6) is 0 Å². The van der Waals surface area contributed by atoms with Gasteiger partial charge in [-0.1, -0.05) is 60.1 Å². The maximum atomic E-state index is 11.5. The van der Waals surface area contributed by atoms with Gasteiger partial charge in [0.05, 0.1) is 10.7 Å². The van der Waals surface area contributed by atoms with E-state index in [-0.39, 0.29) is 12.1 Å². The lowest BCUT2D eigenvalue weighted by Gasteiger charge is -2.32. The van der Waals surface area contributed by atoms with Crippen molar-refractivity contribution < 1.29 is 9.53 Å². The molecule has 1 aromatic rings. The third kappa shape index (κ3) is 10.2. The minimum absolute atomic E-state index is 0.229. The lowest BCUT2D eigenvalue weighted by Crippen LogP contribution is -2.25. The maximum absolute atomic E-state index is 11.5. The zero-order valence-electron chi connectivity index (χ0n) is 21.3. The van der Waals surface area contributed by atoms with Crippen LogP contribution in [0.15, 0.2) is 23.1 Å². The third-order valence-corrected chi connectivity index (χ3v) is 7.78. The monoisotopic (exact) mass is 447 g/mol. The SMILES string of the molecule is CC(=O)OC(C/C=C\CCC[C@H](C)[C@H](C)[C@@H](C)C(C)C(C)C)/C(C)=C/c1csc(C)n1. The molecule has 0 spiro atoms. The zero-order chi connectivity index (χ0) is 23.6.